The Labute approximate surface area is 273 Å². The minimum atomic E-state index is -1.45. The number of aliphatic carboxylic acids is 1. The molecule has 5 unspecified atom stereocenters. The van der Waals surface area contributed by atoms with Crippen molar-refractivity contribution in [2.75, 3.05) is 20.3 Å². The van der Waals surface area contributed by atoms with Crippen molar-refractivity contribution in [1.29, 1.82) is 0 Å². The van der Waals surface area contributed by atoms with Crippen molar-refractivity contribution in [2.24, 2.45) is 17.8 Å². The van der Waals surface area contributed by atoms with Gasteiger partial charge < -0.3 is 30.5 Å². The first-order valence-electron chi connectivity index (χ1n) is 15.7. The van der Waals surface area contributed by atoms with E-state index in [-0.39, 0.29) is 56.1 Å². The highest BCUT2D eigenvalue weighted by atomic mass is 16.7. The van der Waals surface area contributed by atoms with Gasteiger partial charge in [0.1, 0.15) is 25.3 Å². The van der Waals surface area contributed by atoms with Gasteiger partial charge in [0.05, 0.1) is 26.0 Å². The van der Waals surface area contributed by atoms with E-state index in [9.17, 15) is 38.7 Å². The number of ketones is 1. The smallest absolute Gasteiger partial charge is 0.408 e. The van der Waals surface area contributed by atoms with Crippen LogP contribution in [-0.2, 0) is 49.7 Å². The van der Waals surface area contributed by atoms with Crippen LogP contribution < -0.4 is 16.0 Å². The second-order valence-electron chi connectivity index (χ2n) is 12.1. The van der Waals surface area contributed by atoms with Crippen molar-refractivity contribution >= 4 is 41.5 Å². The molecule has 1 aliphatic heterocycles. The molecule has 3 rings (SSSR count). The number of Topliss-reactive ketones (excluding diaryl/α,β-unsaturated/α-hetero) is 1. The molecular weight excluding hydrogens is 616 g/mol. The molecule has 1 heterocycles. The lowest BCUT2D eigenvalue weighted by molar-refractivity contribution is -0.201. The summed E-state index contributed by atoms with van der Waals surface area (Å²) < 4.78 is 9.97. The number of ether oxygens (including phenoxy) is 2. The molecule has 4 N–H and O–H groups in total. The maximum Gasteiger partial charge on any atom is 0.408 e. The second kappa shape index (κ2) is 18.0. The van der Waals surface area contributed by atoms with Crippen LogP contribution in [0.15, 0.2) is 30.3 Å². The van der Waals surface area contributed by atoms with E-state index in [1.54, 1.807) is 38.1 Å². The Morgan fingerprint density at radius 1 is 1.04 bits per heavy atom. The third kappa shape index (κ3) is 11.3. The fourth-order valence-corrected chi connectivity index (χ4v) is 5.89. The van der Waals surface area contributed by atoms with Gasteiger partial charge in [0.2, 0.25) is 17.7 Å². The highest BCUT2D eigenvalue weighted by Gasteiger charge is 2.47. The summed E-state index contributed by atoms with van der Waals surface area (Å²) in [6.45, 7) is 2.64. The SMILES string of the molecule is COC(=O)CC1CCCC2CC(=O)N(OCC(=O)C(CC(=O)O)NC(=O)CCNC(=O)C(NC(=O)OCc3ccccc3)C(C)C)C12. The number of alkyl carbamates (subject to hydrolysis) is 1. The molecule has 1 aromatic carbocycles. The average Bonchev–Trinajstić information content (AvgIpc) is 3.36. The summed E-state index contributed by atoms with van der Waals surface area (Å²) in [5.74, 6) is -4.69. The zero-order valence-corrected chi connectivity index (χ0v) is 26.9. The van der Waals surface area contributed by atoms with E-state index in [2.05, 4.69) is 16.0 Å². The zero-order valence-electron chi connectivity index (χ0n) is 26.9. The van der Waals surface area contributed by atoms with Crippen LogP contribution >= 0.6 is 0 Å². The Bertz CT molecular complexity index is 1290. The molecule has 1 aliphatic carbocycles. The molecule has 0 aromatic heterocycles. The summed E-state index contributed by atoms with van der Waals surface area (Å²) in [7, 11) is 1.28. The minimum absolute atomic E-state index is 0.0197. The summed E-state index contributed by atoms with van der Waals surface area (Å²) >= 11 is 0. The fourth-order valence-electron chi connectivity index (χ4n) is 5.89. The lowest BCUT2D eigenvalue weighted by Crippen LogP contribution is -2.50. The zero-order chi connectivity index (χ0) is 34.5. The number of carboxylic acids is 1. The molecule has 258 valence electrons. The Hall–Kier alpha value is -4.53. The third-order valence-electron chi connectivity index (χ3n) is 8.26. The molecule has 2 fully saturated rings. The number of benzene rings is 1. The number of nitrogens with one attached hydrogen (secondary N) is 3. The molecule has 5 atom stereocenters. The number of carbonyl (C=O) groups is 7. The molecular formula is C32H44N4O11. The van der Waals surface area contributed by atoms with Crippen LogP contribution in [0.5, 0.6) is 0 Å². The molecule has 1 aromatic rings. The first-order valence-corrected chi connectivity index (χ1v) is 15.7. The van der Waals surface area contributed by atoms with Crippen molar-refractivity contribution in [3.05, 3.63) is 35.9 Å². The van der Waals surface area contributed by atoms with Gasteiger partial charge in [-0.25, -0.2) is 9.86 Å². The quantitative estimate of drug-likeness (QED) is 0.176. The highest BCUT2D eigenvalue weighted by Crippen LogP contribution is 2.42. The molecule has 4 amide bonds. The summed E-state index contributed by atoms with van der Waals surface area (Å²) in [5.41, 5.74) is 0.775. The minimum Gasteiger partial charge on any atom is -0.481 e. The van der Waals surface area contributed by atoms with Gasteiger partial charge >= 0.3 is 18.0 Å². The van der Waals surface area contributed by atoms with Crippen LogP contribution in [0.1, 0.15) is 64.4 Å². The maximum atomic E-state index is 13.0. The molecule has 2 aliphatic rings. The predicted molar refractivity (Wildman–Crippen MR) is 164 cm³/mol. The molecule has 0 radical (unpaired) electrons. The number of nitrogens with zero attached hydrogens (tertiary/aromatic N) is 1. The van der Waals surface area contributed by atoms with Crippen LogP contribution in [0.3, 0.4) is 0 Å². The van der Waals surface area contributed by atoms with Gasteiger partial charge in [-0.05, 0) is 36.2 Å². The van der Waals surface area contributed by atoms with Gasteiger partial charge in [-0.2, -0.15) is 0 Å². The van der Waals surface area contributed by atoms with Crippen molar-refractivity contribution in [3.8, 4) is 0 Å². The molecule has 47 heavy (non-hydrogen) atoms. The van der Waals surface area contributed by atoms with Gasteiger partial charge in [0.25, 0.3) is 0 Å². The fraction of sp³-hybridized carbons (Fsp3) is 0.594. The molecule has 1 saturated heterocycles. The largest absolute Gasteiger partial charge is 0.481 e. The van der Waals surface area contributed by atoms with Crippen molar-refractivity contribution in [3.63, 3.8) is 0 Å². The molecule has 15 heteroatoms. The van der Waals surface area contributed by atoms with E-state index in [0.29, 0.717) is 6.42 Å². The maximum absolute atomic E-state index is 13.0. The molecule has 0 spiro atoms. The summed E-state index contributed by atoms with van der Waals surface area (Å²) in [6, 6.07) is 6.18. The predicted octanol–water partition coefficient (Wildman–Crippen LogP) is 1.48. The van der Waals surface area contributed by atoms with Gasteiger partial charge in [-0.15, -0.1) is 0 Å². The Kier molecular flexibility index (Phi) is 14.1. The summed E-state index contributed by atoms with van der Waals surface area (Å²) in [4.78, 5) is 92.5. The van der Waals surface area contributed by atoms with E-state index in [1.165, 1.54) is 7.11 Å². The summed E-state index contributed by atoms with van der Waals surface area (Å²) in [5, 5.41) is 17.9. The lowest BCUT2D eigenvalue weighted by atomic mass is 9.76. The summed E-state index contributed by atoms with van der Waals surface area (Å²) in [6.07, 6.45) is 0.787. The Balaban J connectivity index is 1.49. The molecule has 1 saturated carbocycles. The third-order valence-corrected chi connectivity index (χ3v) is 8.26. The van der Waals surface area contributed by atoms with Crippen LogP contribution in [0.4, 0.5) is 4.79 Å². The lowest BCUT2D eigenvalue weighted by Gasteiger charge is -2.37. The first-order chi connectivity index (χ1) is 22.4. The van der Waals surface area contributed by atoms with Crippen LogP contribution in [0.2, 0.25) is 0 Å². The van der Waals surface area contributed by atoms with E-state index in [1.807, 2.05) is 6.07 Å². The standard InChI is InChI=1S/C32H44N4O11/c1-19(2)29(35-32(44)46-17-20-8-5-4-6-9-20)31(43)33-13-12-25(38)34-23(16-27(40)41)24(37)18-47-36-26(39)14-21-10-7-11-22(30(21)36)15-28(42)45-3/h4-6,8-9,19,21-23,29-30H,7,10-18H2,1-3H3,(H,33,43)(H,34,38)(H,35,44)(H,40,41). The number of amides is 4. The number of methoxy groups -OCH3 is 1. The van der Waals surface area contributed by atoms with E-state index in [0.717, 1.165) is 23.5 Å². The second-order valence-corrected chi connectivity index (χ2v) is 12.1. The normalized spacial score (nSPS) is 20.0. The van der Waals surface area contributed by atoms with Crippen molar-refractivity contribution < 1.29 is 53.0 Å². The van der Waals surface area contributed by atoms with Gasteiger partial charge in [-0.3, -0.25) is 33.6 Å². The van der Waals surface area contributed by atoms with Crippen LogP contribution in [0.25, 0.3) is 0 Å². The first kappa shape index (κ1) is 36.9. The monoisotopic (exact) mass is 660 g/mol. The number of carbonyl (C=O) groups excluding carboxylic acids is 6. The van der Waals surface area contributed by atoms with E-state index < -0.39 is 66.8 Å². The number of hydrogen-bond donors (Lipinski definition) is 4. The Morgan fingerprint density at radius 2 is 1.77 bits per heavy atom. The van der Waals surface area contributed by atoms with Crippen LogP contribution in [0, 0.1) is 17.8 Å². The van der Waals surface area contributed by atoms with Crippen molar-refractivity contribution in [1.82, 2.24) is 21.0 Å². The van der Waals surface area contributed by atoms with Gasteiger partial charge in [-0.1, -0.05) is 50.6 Å². The van der Waals surface area contributed by atoms with Crippen molar-refractivity contribution in [2.45, 2.75) is 83.5 Å². The number of fused-ring (bicyclic) bond motifs is 1. The molecule has 15 nitrogen and oxygen atoms in total. The number of carboxylic acid groups (broad SMARTS) is 1. The number of esters is 1. The number of hydrogen-bond acceptors (Lipinski definition) is 10. The molecule has 0 bridgehead atoms. The van der Waals surface area contributed by atoms with Gasteiger partial charge in [0, 0.05) is 19.4 Å². The average molecular weight is 661 g/mol. The number of hydroxylamine groups is 2. The number of rotatable bonds is 17. The Morgan fingerprint density at radius 3 is 2.43 bits per heavy atom. The van der Waals surface area contributed by atoms with Gasteiger partial charge in [0.15, 0.2) is 5.78 Å². The topological polar surface area (TPSA) is 207 Å². The highest BCUT2D eigenvalue weighted by molar-refractivity contribution is 5.93. The van der Waals surface area contributed by atoms with E-state index in [4.69, 9.17) is 14.3 Å². The van der Waals surface area contributed by atoms with Crippen LogP contribution in [-0.4, -0.2) is 90.1 Å². The van der Waals surface area contributed by atoms with E-state index >= 15 is 0 Å².